The third-order valence-electron chi connectivity index (χ3n) is 2.37. The van der Waals surface area contributed by atoms with Crippen molar-refractivity contribution in [2.24, 2.45) is 5.92 Å². The van der Waals surface area contributed by atoms with Crippen LogP contribution in [-0.4, -0.2) is 31.1 Å². The van der Waals surface area contributed by atoms with Gasteiger partial charge >= 0.3 is 12.0 Å². The Balaban J connectivity index is 2.24. The van der Waals surface area contributed by atoms with Gasteiger partial charge in [0.2, 0.25) is 5.76 Å². The second-order valence-electron chi connectivity index (χ2n) is 4.67. The molecule has 8 heteroatoms. The summed E-state index contributed by atoms with van der Waals surface area (Å²) in [6.45, 7) is 3.96. The van der Waals surface area contributed by atoms with E-state index in [0.29, 0.717) is 17.1 Å². The van der Waals surface area contributed by atoms with E-state index in [0.717, 1.165) is 6.42 Å². The van der Waals surface area contributed by atoms with E-state index in [2.05, 4.69) is 26.6 Å². The van der Waals surface area contributed by atoms with Gasteiger partial charge in [0.25, 0.3) is 5.91 Å². The molecular formula is C13H17BrN2O5. The molecule has 1 aromatic heterocycles. The zero-order valence-corrected chi connectivity index (χ0v) is 13.4. The molecule has 0 unspecified atom stereocenters. The van der Waals surface area contributed by atoms with Crippen molar-refractivity contribution in [2.45, 2.75) is 20.3 Å². The van der Waals surface area contributed by atoms with Gasteiger partial charge in [-0.15, -0.1) is 0 Å². The maximum atomic E-state index is 11.5. The van der Waals surface area contributed by atoms with Crippen LogP contribution in [0.25, 0.3) is 0 Å². The molecule has 3 amide bonds. The number of carbonyl (C=O) groups excluding carboxylic acids is 3. The summed E-state index contributed by atoms with van der Waals surface area (Å²) in [5, 5.41) is 4.59. The van der Waals surface area contributed by atoms with Gasteiger partial charge in [0.05, 0.1) is 0 Å². The first-order valence-corrected chi connectivity index (χ1v) is 7.18. The lowest BCUT2D eigenvalue weighted by atomic mass is 10.1. The SMILES string of the molecule is CC(C)CCNC(=O)NC(=O)COC(=O)c1ccc(Br)o1. The molecule has 1 heterocycles. The van der Waals surface area contributed by atoms with Crippen LogP contribution in [0.5, 0.6) is 0 Å². The van der Waals surface area contributed by atoms with Gasteiger partial charge in [-0.2, -0.15) is 0 Å². The number of furan rings is 1. The molecule has 21 heavy (non-hydrogen) atoms. The molecule has 0 saturated heterocycles. The van der Waals surface area contributed by atoms with Crippen molar-refractivity contribution >= 4 is 33.8 Å². The fraction of sp³-hybridized carbons (Fsp3) is 0.462. The van der Waals surface area contributed by atoms with Crippen LogP contribution in [0.3, 0.4) is 0 Å². The molecule has 0 aromatic carbocycles. The molecule has 1 aromatic rings. The van der Waals surface area contributed by atoms with Gasteiger partial charge < -0.3 is 14.5 Å². The highest BCUT2D eigenvalue weighted by Crippen LogP contribution is 2.14. The van der Waals surface area contributed by atoms with Crippen LogP contribution in [0.15, 0.2) is 21.2 Å². The number of rotatable bonds is 6. The highest BCUT2D eigenvalue weighted by molar-refractivity contribution is 9.10. The fourth-order valence-electron chi connectivity index (χ4n) is 1.31. The van der Waals surface area contributed by atoms with E-state index in [4.69, 9.17) is 9.15 Å². The minimum atomic E-state index is -0.781. The third-order valence-corrected chi connectivity index (χ3v) is 2.80. The Labute approximate surface area is 130 Å². The molecule has 0 atom stereocenters. The highest BCUT2D eigenvalue weighted by Gasteiger charge is 2.15. The van der Waals surface area contributed by atoms with Crippen molar-refractivity contribution in [3.05, 3.63) is 22.6 Å². The van der Waals surface area contributed by atoms with Crippen LogP contribution >= 0.6 is 15.9 Å². The Morgan fingerprint density at radius 3 is 2.62 bits per heavy atom. The topological polar surface area (TPSA) is 97.6 Å². The molecule has 0 aliphatic rings. The molecule has 0 fully saturated rings. The van der Waals surface area contributed by atoms with E-state index >= 15 is 0 Å². The molecular weight excluding hydrogens is 344 g/mol. The summed E-state index contributed by atoms with van der Waals surface area (Å²) in [5.74, 6) is -1.07. The average molecular weight is 361 g/mol. The number of urea groups is 1. The largest absolute Gasteiger partial charge is 0.450 e. The minimum absolute atomic E-state index is 0.0314. The Bertz CT molecular complexity index is 512. The molecule has 1 rings (SSSR count). The van der Waals surface area contributed by atoms with Crippen LogP contribution in [0, 0.1) is 5.92 Å². The van der Waals surface area contributed by atoms with Gasteiger partial charge in [-0.25, -0.2) is 9.59 Å². The lowest BCUT2D eigenvalue weighted by Crippen LogP contribution is -2.41. The number of imide groups is 1. The van der Waals surface area contributed by atoms with E-state index < -0.39 is 24.5 Å². The van der Waals surface area contributed by atoms with Gasteiger partial charge in [-0.3, -0.25) is 10.1 Å². The first-order chi connectivity index (χ1) is 9.88. The lowest BCUT2D eigenvalue weighted by molar-refractivity contribution is -0.123. The Morgan fingerprint density at radius 2 is 2.05 bits per heavy atom. The van der Waals surface area contributed by atoms with Crippen LogP contribution in [0.1, 0.15) is 30.8 Å². The van der Waals surface area contributed by atoms with E-state index in [-0.39, 0.29) is 5.76 Å². The number of amides is 3. The highest BCUT2D eigenvalue weighted by atomic mass is 79.9. The van der Waals surface area contributed by atoms with Crippen molar-refractivity contribution in [3.63, 3.8) is 0 Å². The van der Waals surface area contributed by atoms with Crippen molar-refractivity contribution in [3.8, 4) is 0 Å². The van der Waals surface area contributed by atoms with Crippen LogP contribution in [0.2, 0.25) is 0 Å². The first kappa shape index (κ1) is 17.2. The standard InChI is InChI=1S/C13H17BrN2O5/c1-8(2)5-6-15-13(19)16-11(17)7-20-12(18)9-3-4-10(14)21-9/h3-4,8H,5-7H2,1-2H3,(H2,15,16,17,19). The van der Waals surface area contributed by atoms with E-state index in [1.165, 1.54) is 12.1 Å². The number of nitrogens with one attached hydrogen (secondary N) is 2. The molecule has 0 saturated carbocycles. The molecule has 0 spiro atoms. The number of carbonyl (C=O) groups is 3. The first-order valence-electron chi connectivity index (χ1n) is 6.38. The minimum Gasteiger partial charge on any atom is -0.450 e. The van der Waals surface area contributed by atoms with Crippen LogP contribution in [-0.2, 0) is 9.53 Å². The normalized spacial score (nSPS) is 10.3. The molecule has 0 aliphatic carbocycles. The Kier molecular flexibility index (Phi) is 6.93. The maximum absolute atomic E-state index is 11.5. The number of hydrogen-bond donors (Lipinski definition) is 2. The van der Waals surface area contributed by atoms with Crippen molar-refractivity contribution in [1.29, 1.82) is 0 Å². The summed E-state index contributed by atoms with van der Waals surface area (Å²) < 4.78 is 10.0. The van der Waals surface area contributed by atoms with Crippen molar-refractivity contribution < 1.29 is 23.5 Å². The summed E-state index contributed by atoms with van der Waals surface area (Å²) in [5.41, 5.74) is 0. The van der Waals surface area contributed by atoms with E-state index in [1.807, 2.05) is 13.8 Å². The number of halogens is 1. The number of hydrogen-bond acceptors (Lipinski definition) is 5. The van der Waals surface area contributed by atoms with E-state index in [9.17, 15) is 14.4 Å². The summed E-state index contributed by atoms with van der Waals surface area (Å²) in [4.78, 5) is 34.2. The predicted molar refractivity (Wildman–Crippen MR) is 77.7 cm³/mol. The smallest absolute Gasteiger partial charge is 0.374 e. The molecule has 7 nitrogen and oxygen atoms in total. The summed E-state index contributed by atoms with van der Waals surface area (Å²) >= 11 is 3.04. The third kappa shape index (κ3) is 6.94. The van der Waals surface area contributed by atoms with Crippen molar-refractivity contribution in [2.75, 3.05) is 13.2 Å². The second-order valence-corrected chi connectivity index (χ2v) is 5.45. The Morgan fingerprint density at radius 1 is 1.33 bits per heavy atom. The zero-order chi connectivity index (χ0) is 15.8. The van der Waals surface area contributed by atoms with Gasteiger partial charge in [-0.1, -0.05) is 13.8 Å². The summed E-state index contributed by atoms with van der Waals surface area (Å²) in [6, 6.07) is 2.32. The monoisotopic (exact) mass is 360 g/mol. The van der Waals surface area contributed by atoms with Gasteiger partial charge in [-0.05, 0) is 40.4 Å². The summed E-state index contributed by atoms with van der Waals surface area (Å²) in [6.07, 6.45) is 0.809. The zero-order valence-electron chi connectivity index (χ0n) is 11.8. The average Bonchev–Trinajstić information content (AvgIpc) is 2.82. The number of esters is 1. The van der Waals surface area contributed by atoms with Crippen molar-refractivity contribution in [1.82, 2.24) is 10.6 Å². The van der Waals surface area contributed by atoms with E-state index in [1.54, 1.807) is 0 Å². The van der Waals surface area contributed by atoms with Gasteiger partial charge in [0, 0.05) is 6.54 Å². The second kappa shape index (κ2) is 8.46. The predicted octanol–water partition coefficient (Wildman–Crippen LogP) is 2.07. The fourth-order valence-corrected chi connectivity index (χ4v) is 1.61. The number of ether oxygens (including phenoxy) is 1. The van der Waals surface area contributed by atoms with Crippen LogP contribution < -0.4 is 10.6 Å². The molecule has 0 aliphatic heterocycles. The quantitative estimate of drug-likeness (QED) is 0.756. The van der Waals surface area contributed by atoms with Gasteiger partial charge in [0.15, 0.2) is 11.3 Å². The summed E-state index contributed by atoms with van der Waals surface area (Å²) in [7, 11) is 0. The molecule has 2 N–H and O–H groups in total. The maximum Gasteiger partial charge on any atom is 0.374 e. The Hall–Kier alpha value is -1.83. The lowest BCUT2D eigenvalue weighted by Gasteiger charge is -2.08. The molecule has 0 bridgehead atoms. The van der Waals surface area contributed by atoms with Crippen LogP contribution in [0.4, 0.5) is 4.79 Å². The van der Waals surface area contributed by atoms with Gasteiger partial charge in [0.1, 0.15) is 0 Å². The molecule has 0 radical (unpaired) electrons. The molecule has 116 valence electrons.